The third-order valence-corrected chi connectivity index (χ3v) is 9.48. The molecule has 1 aliphatic rings. The number of rotatable bonds is 7. The number of carbonyl (C=O) groups is 1. The molecular weight excluding hydrogens is 492 g/mol. The van der Waals surface area contributed by atoms with E-state index in [1.807, 2.05) is 6.07 Å². The van der Waals surface area contributed by atoms with E-state index in [0.29, 0.717) is 28.4 Å². The van der Waals surface area contributed by atoms with E-state index in [1.54, 1.807) is 18.2 Å². The van der Waals surface area contributed by atoms with E-state index in [0.717, 1.165) is 21.1 Å². The molecule has 1 amide bonds. The van der Waals surface area contributed by atoms with E-state index < -0.39 is 16.1 Å². The number of phenolic OH excluding ortho intramolecular Hbond substituents is 1. The quantitative estimate of drug-likeness (QED) is 0.286. The summed E-state index contributed by atoms with van der Waals surface area (Å²) < 4.78 is 28.9. The van der Waals surface area contributed by atoms with Crippen LogP contribution in [0.2, 0.25) is 4.34 Å². The second kappa shape index (κ2) is 8.83. The minimum Gasteiger partial charge on any atom is -0.508 e. The number of nitrogen functional groups attached to an aromatic ring is 1. The first-order valence-electron chi connectivity index (χ1n) is 9.47. The molecule has 0 aliphatic carbocycles. The SMILES string of the molecule is N=C(N)c1ccc(O)c(CN2CC[C@H](NS(=O)(=O)c3ccc(-c4ccc(Cl)s4)s3)C2=O)c1. The number of nitrogens with zero attached hydrogens (tertiary/aromatic N) is 1. The fraction of sp³-hybridized carbons (Fsp3) is 0.200. The Morgan fingerprint density at radius 1 is 1.22 bits per heavy atom. The number of likely N-dealkylation sites (tertiary alicyclic amines) is 1. The molecule has 1 atom stereocenters. The number of hydrogen-bond acceptors (Lipinski definition) is 7. The molecule has 0 spiro atoms. The fourth-order valence-corrected chi connectivity index (χ4v) is 7.06. The number of benzene rings is 1. The fourth-order valence-electron chi connectivity index (χ4n) is 3.38. The molecule has 0 bridgehead atoms. The summed E-state index contributed by atoms with van der Waals surface area (Å²) in [5.74, 6) is -0.542. The zero-order chi connectivity index (χ0) is 23.0. The molecule has 0 unspecified atom stereocenters. The van der Waals surface area contributed by atoms with E-state index in [9.17, 15) is 18.3 Å². The lowest BCUT2D eigenvalue weighted by atomic mass is 10.1. The van der Waals surface area contributed by atoms with Gasteiger partial charge in [-0.1, -0.05) is 11.6 Å². The van der Waals surface area contributed by atoms with Crippen LogP contribution in [-0.2, 0) is 21.4 Å². The number of sulfonamides is 1. The van der Waals surface area contributed by atoms with E-state index >= 15 is 0 Å². The third kappa shape index (κ3) is 4.66. The van der Waals surface area contributed by atoms with Crippen molar-refractivity contribution in [3.63, 3.8) is 0 Å². The largest absolute Gasteiger partial charge is 0.508 e. The molecule has 5 N–H and O–H groups in total. The maximum Gasteiger partial charge on any atom is 0.250 e. The summed E-state index contributed by atoms with van der Waals surface area (Å²) in [6, 6.07) is 10.4. The van der Waals surface area contributed by atoms with Gasteiger partial charge < -0.3 is 15.7 Å². The van der Waals surface area contributed by atoms with Gasteiger partial charge in [0.1, 0.15) is 21.8 Å². The molecule has 1 saturated heterocycles. The Labute approximate surface area is 197 Å². The maximum absolute atomic E-state index is 12.9. The number of halogens is 1. The van der Waals surface area contributed by atoms with Gasteiger partial charge in [0.15, 0.2) is 0 Å². The Hall–Kier alpha value is -2.44. The Bertz CT molecular complexity index is 1300. The van der Waals surface area contributed by atoms with E-state index in [-0.39, 0.29) is 28.2 Å². The number of phenols is 1. The van der Waals surface area contributed by atoms with Gasteiger partial charge in [0, 0.05) is 34.0 Å². The highest BCUT2D eigenvalue weighted by Crippen LogP contribution is 2.37. The highest BCUT2D eigenvalue weighted by Gasteiger charge is 2.35. The summed E-state index contributed by atoms with van der Waals surface area (Å²) in [5, 5.41) is 17.6. The number of amides is 1. The predicted octanol–water partition coefficient (Wildman–Crippen LogP) is 3.20. The number of aromatic hydroxyl groups is 1. The van der Waals surface area contributed by atoms with Crippen LogP contribution in [0.5, 0.6) is 5.75 Å². The topological polar surface area (TPSA) is 137 Å². The van der Waals surface area contributed by atoms with Gasteiger partial charge in [-0.25, -0.2) is 8.42 Å². The molecular formula is C20H19ClN4O4S3. The number of hydrogen-bond donors (Lipinski definition) is 4. The first kappa shape index (κ1) is 22.7. The van der Waals surface area contributed by atoms with Gasteiger partial charge in [0.2, 0.25) is 5.91 Å². The average Bonchev–Trinajstić information content (AvgIpc) is 3.46. The molecule has 1 aliphatic heterocycles. The molecule has 0 radical (unpaired) electrons. The van der Waals surface area contributed by atoms with Gasteiger partial charge in [0.05, 0.1) is 4.34 Å². The lowest BCUT2D eigenvalue weighted by molar-refractivity contribution is -0.129. The molecule has 4 rings (SSSR count). The number of amidine groups is 1. The van der Waals surface area contributed by atoms with E-state index in [2.05, 4.69) is 4.72 Å². The van der Waals surface area contributed by atoms with Crippen LogP contribution in [-0.4, -0.2) is 42.8 Å². The van der Waals surface area contributed by atoms with E-state index in [1.165, 1.54) is 34.4 Å². The molecule has 32 heavy (non-hydrogen) atoms. The number of nitrogens with two attached hydrogens (primary N) is 1. The van der Waals surface area contributed by atoms with Crippen molar-refractivity contribution in [1.82, 2.24) is 9.62 Å². The summed E-state index contributed by atoms with van der Waals surface area (Å²) in [4.78, 5) is 15.9. The van der Waals surface area contributed by atoms with Crippen molar-refractivity contribution in [3.05, 3.63) is 57.9 Å². The minimum absolute atomic E-state index is 0.0216. The molecule has 3 aromatic rings. The van der Waals surface area contributed by atoms with Gasteiger partial charge in [-0.05, 0) is 48.9 Å². The van der Waals surface area contributed by atoms with Crippen molar-refractivity contribution in [2.45, 2.75) is 23.2 Å². The summed E-state index contributed by atoms with van der Waals surface area (Å²) >= 11 is 8.43. The Morgan fingerprint density at radius 2 is 1.94 bits per heavy atom. The molecule has 1 fully saturated rings. The molecule has 168 valence electrons. The Morgan fingerprint density at radius 3 is 2.62 bits per heavy atom. The molecule has 12 heteroatoms. The van der Waals surface area contributed by atoms with Crippen LogP contribution in [0.1, 0.15) is 17.5 Å². The van der Waals surface area contributed by atoms with Gasteiger partial charge in [-0.2, -0.15) is 4.72 Å². The summed E-state index contributed by atoms with van der Waals surface area (Å²) in [7, 11) is -3.88. The van der Waals surface area contributed by atoms with Crippen LogP contribution in [0.25, 0.3) is 9.75 Å². The molecule has 1 aromatic carbocycles. The normalized spacial score (nSPS) is 16.6. The van der Waals surface area contributed by atoms with Crippen molar-refractivity contribution in [1.29, 1.82) is 5.41 Å². The van der Waals surface area contributed by atoms with Crippen LogP contribution in [0, 0.1) is 5.41 Å². The van der Waals surface area contributed by atoms with Crippen LogP contribution in [0.3, 0.4) is 0 Å². The average molecular weight is 511 g/mol. The zero-order valence-electron chi connectivity index (χ0n) is 16.5. The first-order chi connectivity index (χ1) is 15.1. The van der Waals surface area contributed by atoms with E-state index in [4.69, 9.17) is 22.7 Å². The van der Waals surface area contributed by atoms with Gasteiger partial charge in [0.25, 0.3) is 10.0 Å². The molecule has 8 nitrogen and oxygen atoms in total. The van der Waals surface area contributed by atoms with Crippen molar-refractivity contribution >= 4 is 56.0 Å². The first-order valence-corrected chi connectivity index (χ1v) is 13.0. The molecule has 2 aromatic heterocycles. The van der Waals surface area contributed by atoms with Crippen LogP contribution in [0.15, 0.2) is 46.7 Å². The standard InChI is InChI=1S/C20H19ClN4O4S3/c21-17-5-3-15(30-17)16-4-6-18(31-16)32(28,29)24-13-7-8-25(20(13)27)10-12-9-11(19(22)23)1-2-14(12)26/h1-6,9,13,24,26H,7-8,10H2,(H3,22,23)/t13-/m0/s1. The van der Waals surface area contributed by atoms with Crippen LogP contribution in [0.4, 0.5) is 0 Å². The smallest absolute Gasteiger partial charge is 0.250 e. The monoisotopic (exact) mass is 510 g/mol. The number of nitrogens with one attached hydrogen (secondary N) is 2. The van der Waals surface area contributed by atoms with Crippen molar-refractivity contribution < 1.29 is 18.3 Å². The van der Waals surface area contributed by atoms with Crippen molar-refractivity contribution in [3.8, 4) is 15.5 Å². The highest BCUT2D eigenvalue weighted by molar-refractivity contribution is 7.91. The zero-order valence-corrected chi connectivity index (χ0v) is 19.7. The Balaban J connectivity index is 1.46. The summed E-state index contributed by atoms with van der Waals surface area (Å²) in [6.45, 7) is 0.422. The van der Waals surface area contributed by atoms with Crippen molar-refractivity contribution in [2.75, 3.05) is 6.54 Å². The lowest BCUT2D eigenvalue weighted by Crippen LogP contribution is -2.41. The lowest BCUT2D eigenvalue weighted by Gasteiger charge is -2.18. The van der Waals surface area contributed by atoms with Crippen LogP contribution < -0.4 is 10.5 Å². The van der Waals surface area contributed by atoms with Crippen LogP contribution >= 0.6 is 34.3 Å². The highest BCUT2D eigenvalue weighted by atomic mass is 35.5. The van der Waals surface area contributed by atoms with Gasteiger partial charge in [-0.3, -0.25) is 10.2 Å². The van der Waals surface area contributed by atoms with Gasteiger partial charge in [-0.15, -0.1) is 22.7 Å². The van der Waals surface area contributed by atoms with Crippen molar-refractivity contribution in [2.24, 2.45) is 5.73 Å². The number of thiophene rings is 2. The molecule has 0 saturated carbocycles. The summed E-state index contributed by atoms with van der Waals surface area (Å²) in [5.41, 5.74) is 6.36. The Kier molecular flexibility index (Phi) is 6.28. The molecule has 3 heterocycles. The minimum atomic E-state index is -3.88. The number of carbonyl (C=O) groups excluding carboxylic acids is 1. The predicted molar refractivity (Wildman–Crippen MR) is 126 cm³/mol. The van der Waals surface area contributed by atoms with Gasteiger partial charge >= 0.3 is 0 Å². The summed E-state index contributed by atoms with van der Waals surface area (Å²) in [6.07, 6.45) is 0.310. The second-order valence-corrected chi connectivity index (χ2v) is 11.9. The maximum atomic E-state index is 12.9. The third-order valence-electron chi connectivity index (χ3n) is 5.01. The second-order valence-electron chi connectivity index (χ2n) is 7.20.